The van der Waals surface area contributed by atoms with Gasteiger partial charge < -0.3 is 15.3 Å². The van der Waals surface area contributed by atoms with E-state index in [-0.39, 0.29) is 11.7 Å². The summed E-state index contributed by atoms with van der Waals surface area (Å²) in [6.07, 6.45) is 4.88. The highest BCUT2D eigenvalue weighted by molar-refractivity contribution is 5.96. The molecule has 2 heterocycles. The summed E-state index contributed by atoms with van der Waals surface area (Å²) in [4.78, 5) is 17.9. The van der Waals surface area contributed by atoms with Crippen molar-refractivity contribution in [1.82, 2.24) is 15.2 Å². The summed E-state index contributed by atoms with van der Waals surface area (Å²) in [5.41, 5.74) is 0.347. The minimum Gasteiger partial charge on any atom is -0.505 e. The number of aromatic hydroxyl groups is 1. The van der Waals surface area contributed by atoms with Gasteiger partial charge in [-0.25, -0.2) is 0 Å². The molecule has 1 aromatic rings. The lowest BCUT2D eigenvalue weighted by Gasteiger charge is -2.32. The van der Waals surface area contributed by atoms with E-state index in [2.05, 4.69) is 17.2 Å². The van der Waals surface area contributed by atoms with Crippen LogP contribution in [0.5, 0.6) is 5.75 Å². The molecule has 19 heavy (non-hydrogen) atoms. The zero-order valence-corrected chi connectivity index (χ0v) is 11.3. The van der Waals surface area contributed by atoms with Crippen LogP contribution < -0.4 is 5.32 Å². The number of nitrogens with zero attached hydrogens (tertiary/aromatic N) is 2. The molecular formula is C14H21N3O2. The van der Waals surface area contributed by atoms with Crippen LogP contribution in [-0.4, -0.2) is 47.1 Å². The fourth-order valence-electron chi connectivity index (χ4n) is 2.43. The van der Waals surface area contributed by atoms with Crippen molar-refractivity contribution in [3.8, 4) is 5.75 Å². The minimum absolute atomic E-state index is 0.0396. The Balaban J connectivity index is 1.91. The van der Waals surface area contributed by atoms with Crippen LogP contribution in [0, 0.1) is 5.92 Å². The van der Waals surface area contributed by atoms with Gasteiger partial charge in [-0.2, -0.15) is 0 Å². The standard InChI is InChI=1S/C14H21N3O2/c1-2-15-9-11-4-7-17(8-5-11)14(19)12-3-6-16-10-13(12)18/h3,6,10-11,15,18H,2,4-5,7-9H2,1H3. The highest BCUT2D eigenvalue weighted by atomic mass is 16.3. The van der Waals surface area contributed by atoms with E-state index in [1.54, 1.807) is 6.07 Å². The molecule has 0 unspecified atom stereocenters. The minimum atomic E-state index is -0.0956. The fraction of sp³-hybridized carbons (Fsp3) is 0.571. The molecule has 0 spiro atoms. The van der Waals surface area contributed by atoms with Crippen molar-refractivity contribution in [3.63, 3.8) is 0 Å². The summed E-state index contributed by atoms with van der Waals surface area (Å²) in [5.74, 6) is 0.513. The molecule has 1 fully saturated rings. The summed E-state index contributed by atoms with van der Waals surface area (Å²) >= 11 is 0. The Morgan fingerprint density at radius 2 is 2.26 bits per heavy atom. The summed E-state index contributed by atoms with van der Waals surface area (Å²) in [7, 11) is 0. The van der Waals surface area contributed by atoms with Crippen LogP contribution in [-0.2, 0) is 0 Å². The van der Waals surface area contributed by atoms with Crippen molar-refractivity contribution in [1.29, 1.82) is 0 Å². The predicted molar refractivity (Wildman–Crippen MR) is 73.1 cm³/mol. The fourth-order valence-corrected chi connectivity index (χ4v) is 2.43. The first-order chi connectivity index (χ1) is 9.22. The molecule has 0 aromatic carbocycles. The Hall–Kier alpha value is -1.62. The van der Waals surface area contributed by atoms with E-state index in [0.29, 0.717) is 11.5 Å². The van der Waals surface area contributed by atoms with Crippen molar-refractivity contribution in [3.05, 3.63) is 24.0 Å². The second-order valence-electron chi connectivity index (χ2n) is 4.94. The Labute approximate surface area is 113 Å². The Kier molecular flexibility index (Phi) is 4.74. The molecule has 2 rings (SSSR count). The molecule has 2 N–H and O–H groups in total. The van der Waals surface area contributed by atoms with Crippen LogP contribution in [0.25, 0.3) is 0 Å². The zero-order chi connectivity index (χ0) is 13.7. The number of nitrogens with one attached hydrogen (secondary N) is 1. The van der Waals surface area contributed by atoms with Crippen LogP contribution >= 0.6 is 0 Å². The number of hydrogen-bond acceptors (Lipinski definition) is 4. The normalized spacial score (nSPS) is 16.6. The van der Waals surface area contributed by atoms with Gasteiger partial charge in [-0.1, -0.05) is 6.92 Å². The summed E-state index contributed by atoms with van der Waals surface area (Å²) in [5, 5.41) is 13.0. The average molecular weight is 263 g/mol. The van der Waals surface area contributed by atoms with Crippen molar-refractivity contribution < 1.29 is 9.90 Å². The molecule has 1 saturated heterocycles. The maximum atomic E-state index is 12.3. The molecule has 1 amide bonds. The number of carbonyl (C=O) groups is 1. The van der Waals surface area contributed by atoms with Gasteiger partial charge >= 0.3 is 0 Å². The van der Waals surface area contributed by atoms with Gasteiger partial charge in [0.1, 0.15) is 5.75 Å². The molecule has 0 radical (unpaired) electrons. The van der Waals surface area contributed by atoms with Crippen molar-refractivity contribution in [2.45, 2.75) is 19.8 Å². The zero-order valence-electron chi connectivity index (χ0n) is 11.3. The quantitative estimate of drug-likeness (QED) is 0.858. The molecular weight excluding hydrogens is 242 g/mol. The smallest absolute Gasteiger partial charge is 0.257 e. The van der Waals surface area contributed by atoms with Crippen molar-refractivity contribution in [2.75, 3.05) is 26.2 Å². The number of aromatic nitrogens is 1. The van der Waals surface area contributed by atoms with Gasteiger partial charge in [-0.3, -0.25) is 9.78 Å². The van der Waals surface area contributed by atoms with Crippen LogP contribution in [0.15, 0.2) is 18.5 Å². The third-order valence-electron chi connectivity index (χ3n) is 3.62. The second-order valence-corrected chi connectivity index (χ2v) is 4.94. The van der Waals surface area contributed by atoms with E-state index < -0.39 is 0 Å². The first-order valence-electron chi connectivity index (χ1n) is 6.85. The maximum absolute atomic E-state index is 12.3. The highest BCUT2D eigenvalue weighted by Crippen LogP contribution is 2.21. The first-order valence-corrected chi connectivity index (χ1v) is 6.85. The summed E-state index contributed by atoms with van der Waals surface area (Å²) < 4.78 is 0. The van der Waals surface area contributed by atoms with E-state index in [1.807, 2.05) is 4.90 Å². The van der Waals surface area contributed by atoms with E-state index in [1.165, 1.54) is 12.4 Å². The average Bonchev–Trinajstić information content (AvgIpc) is 2.45. The Morgan fingerprint density at radius 3 is 2.89 bits per heavy atom. The van der Waals surface area contributed by atoms with E-state index in [9.17, 15) is 9.90 Å². The molecule has 104 valence electrons. The van der Waals surface area contributed by atoms with Gasteiger partial charge in [0.25, 0.3) is 5.91 Å². The molecule has 1 aromatic heterocycles. The number of carbonyl (C=O) groups excluding carboxylic acids is 1. The summed E-state index contributed by atoms with van der Waals surface area (Å²) in [6, 6.07) is 1.57. The van der Waals surface area contributed by atoms with Crippen molar-refractivity contribution in [2.24, 2.45) is 5.92 Å². The van der Waals surface area contributed by atoms with Crippen LogP contribution in [0.2, 0.25) is 0 Å². The largest absolute Gasteiger partial charge is 0.505 e. The van der Waals surface area contributed by atoms with Gasteiger partial charge in [-0.15, -0.1) is 0 Å². The number of rotatable bonds is 4. The number of hydrogen-bond donors (Lipinski definition) is 2. The molecule has 0 saturated carbocycles. The molecule has 1 aliphatic heterocycles. The van der Waals surface area contributed by atoms with Gasteiger partial charge in [0.05, 0.1) is 11.8 Å². The Morgan fingerprint density at radius 1 is 1.53 bits per heavy atom. The lowest BCUT2D eigenvalue weighted by atomic mass is 9.96. The van der Waals surface area contributed by atoms with Gasteiger partial charge in [0.15, 0.2) is 0 Å². The third kappa shape index (κ3) is 3.44. The predicted octanol–water partition coefficient (Wildman–Crippen LogP) is 1.25. The molecule has 0 bridgehead atoms. The van der Waals surface area contributed by atoms with Crippen LogP contribution in [0.3, 0.4) is 0 Å². The molecule has 5 heteroatoms. The van der Waals surface area contributed by atoms with E-state index in [0.717, 1.165) is 39.0 Å². The monoisotopic (exact) mass is 263 g/mol. The number of pyridine rings is 1. The number of amides is 1. The second kappa shape index (κ2) is 6.52. The number of piperidine rings is 1. The topological polar surface area (TPSA) is 65.5 Å². The molecule has 0 aliphatic carbocycles. The molecule has 1 aliphatic rings. The van der Waals surface area contributed by atoms with Gasteiger partial charge in [0.2, 0.25) is 0 Å². The Bertz CT molecular complexity index is 428. The van der Waals surface area contributed by atoms with Gasteiger partial charge in [-0.05, 0) is 37.9 Å². The highest BCUT2D eigenvalue weighted by Gasteiger charge is 2.24. The maximum Gasteiger partial charge on any atom is 0.257 e. The van der Waals surface area contributed by atoms with Crippen LogP contribution in [0.1, 0.15) is 30.1 Å². The lowest BCUT2D eigenvalue weighted by molar-refractivity contribution is 0.0687. The number of likely N-dealkylation sites (tertiary alicyclic amines) is 1. The SMILES string of the molecule is CCNCC1CCN(C(=O)c2ccncc2O)CC1. The first kappa shape index (κ1) is 13.8. The van der Waals surface area contributed by atoms with E-state index >= 15 is 0 Å². The third-order valence-corrected chi connectivity index (χ3v) is 3.62. The van der Waals surface area contributed by atoms with Crippen molar-refractivity contribution >= 4 is 5.91 Å². The van der Waals surface area contributed by atoms with Crippen LogP contribution in [0.4, 0.5) is 0 Å². The molecule has 5 nitrogen and oxygen atoms in total. The van der Waals surface area contributed by atoms with E-state index in [4.69, 9.17) is 0 Å². The van der Waals surface area contributed by atoms with Gasteiger partial charge in [0, 0.05) is 19.3 Å². The summed E-state index contributed by atoms with van der Waals surface area (Å²) in [6.45, 7) is 5.64. The lowest BCUT2D eigenvalue weighted by Crippen LogP contribution is -2.40. The molecule has 0 atom stereocenters.